The SMILES string of the molecule is NC1CCCCC1C(=O)N1CCc2ccccc2C1. The quantitative estimate of drug-likeness (QED) is 0.838. The van der Waals surface area contributed by atoms with E-state index >= 15 is 0 Å². The smallest absolute Gasteiger partial charge is 0.227 e. The summed E-state index contributed by atoms with van der Waals surface area (Å²) in [6, 6.07) is 8.50. The van der Waals surface area contributed by atoms with E-state index in [-0.39, 0.29) is 17.9 Å². The van der Waals surface area contributed by atoms with Gasteiger partial charge in [0.25, 0.3) is 0 Å². The largest absolute Gasteiger partial charge is 0.338 e. The van der Waals surface area contributed by atoms with E-state index < -0.39 is 0 Å². The van der Waals surface area contributed by atoms with Gasteiger partial charge >= 0.3 is 0 Å². The molecule has 2 N–H and O–H groups in total. The summed E-state index contributed by atoms with van der Waals surface area (Å²) in [7, 11) is 0. The lowest BCUT2D eigenvalue weighted by Gasteiger charge is -2.35. The van der Waals surface area contributed by atoms with Gasteiger partial charge in [-0.3, -0.25) is 4.79 Å². The second kappa shape index (κ2) is 5.33. The van der Waals surface area contributed by atoms with E-state index in [1.165, 1.54) is 17.5 Å². The van der Waals surface area contributed by atoms with Crippen molar-refractivity contribution in [2.45, 2.75) is 44.7 Å². The lowest BCUT2D eigenvalue weighted by Crippen LogP contribution is -2.47. The molecule has 1 aromatic carbocycles. The van der Waals surface area contributed by atoms with E-state index in [0.717, 1.165) is 38.8 Å². The molecule has 3 heteroatoms. The minimum Gasteiger partial charge on any atom is -0.338 e. The number of benzene rings is 1. The van der Waals surface area contributed by atoms with Crippen molar-refractivity contribution in [1.29, 1.82) is 0 Å². The second-order valence-electron chi connectivity index (χ2n) is 5.83. The van der Waals surface area contributed by atoms with Crippen LogP contribution < -0.4 is 5.73 Å². The molecule has 3 nitrogen and oxygen atoms in total. The highest BCUT2D eigenvalue weighted by Crippen LogP contribution is 2.27. The minimum atomic E-state index is 0.0546. The Kier molecular flexibility index (Phi) is 3.56. The van der Waals surface area contributed by atoms with Crippen molar-refractivity contribution in [3.63, 3.8) is 0 Å². The number of rotatable bonds is 1. The molecular weight excluding hydrogens is 236 g/mol. The molecule has 0 spiro atoms. The van der Waals surface area contributed by atoms with Gasteiger partial charge in [-0.05, 0) is 30.4 Å². The fourth-order valence-corrected chi connectivity index (χ4v) is 3.38. The molecule has 0 aromatic heterocycles. The molecule has 0 saturated heterocycles. The van der Waals surface area contributed by atoms with Crippen molar-refractivity contribution in [3.8, 4) is 0 Å². The van der Waals surface area contributed by atoms with Crippen LogP contribution in [0.3, 0.4) is 0 Å². The second-order valence-corrected chi connectivity index (χ2v) is 5.83. The first-order valence-electron chi connectivity index (χ1n) is 7.37. The number of hydrogen-bond acceptors (Lipinski definition) is 2. The highest BCUT2D eigenvalue weighted by Gasteiger charge is 2.32. The summed E-state index contributed by atoms with van der Waals surface area (Å²) < 4.78 is 0. The van der Waals surface area contributed by atoms with Crippen molar-refractivity contribution >= 4 is 5.91 Å². The van der Waals surface area contributed by atoms with Crippen LogP contribution in [0.15, 0.2) is 24.3 Å². The average molecular weight is 258 g/mol. The van der Waals surface area contributed by atoms with Crippen LogP contribution >= 0.6 is 0 Å². The first kappa shape index (κ1) is 12.7. The molecular formula is C16H22N2O. The summed E-state index contributed by atoms with van der Waals surface area (Å²) >= 11 is 0. The predicted octanol–water partition coefficient (Wildman–Crippen LogP) is 2.09. The summed E-state index contributed by atoms with van der Waals surface area (Å²) in [5.74, 6) is 0.334. The van der Waals surface area contributed by atoms with Crippen LogP contribution in [-0.4, -0.2) is 23.4 Å². The molecule has 2 atom stereocenters. The van der Waals surface area contributed by atoms with Gasteiger partial charge in [-0.25, -0.2) is 0 Å². The Morgan fingerprint density at radius 3 is 2.68 bits per heavy atom. The summed E-state index contributed by atoms with van der Waals surface area (Å²) in [5.41, 5.74) is 8.82. The third-order valence-electron chi connectivity index (χ3n) is 4.58. The molecule has 3 rings (SSSR count). The summed E-state index contributed by atoms with van der Waals surface area (Å²) in [4.78, 5) is 14.6. The Bertz CT molecular complexity index is 472. The van der Waals surface area contributed by atoms with E-state index in [0.29, 0.717) is 0 Å². The molecule has 1 fully saturated rings. The van der Waals surface area contributed by atoms with E-state index in [1.54, 1.807) is 0 Å². The summed E-state index contributed by atoms with van der Waals surface area (Å²) in [5, 5.41) is 0. The van der Waals surface area contributed by atoms with Crippen molar-refractivity contribution in [1.82, 2.24) is 4.90 Å². The summed E-state index contributed by atoms with van der Waals surface area (Å²) in [6.07, 6.45) is 5.27. The van der Waals surface area contributed by atoms with E-state index in [1.807, 2.05) is 4.90 Å². The molecule has 102 valence electrons. The molecule has 1 amide bonds. The molecule has 1 aliphatic carbocycles. The van der Waals surface area contributed by atoms with Crippen LogP contribution in [0.1, 0.15) is 36.8 Å². The highest BCUT2D eigenvalue weighted by molar-refractivity contribution is 5.80. The molecule has 1 saturated carbocycles. The van der Waals surface area contributed by atoms with Gasteiger partial charge in [0, 0.05) is 19.1 Å². The molecule has 1 aromatic rings. The molecule has 2 aliphatic rings. The minimum absolute atomic E-state index is 0.0546. The molecule has 2 unspecified atom stereocenters. The predicted molar refractivity (Wildman–Crippen MR) is 75.5 cm³/mol. The van der Waals surface area contributed by atoms with Crippen molar-refractivity contribution in [2.24, 2.45) is 11.7 Å². The highest BCUT2D eigenvalue weighted by atomic mass is 16.2. The fraction of sp³-hybridized carbons (Fsp3) is 0.562. The fourth-order valence-electron chi connectivity index (χ4n) is 3.38. The maximum absolute atomic E-state index is 12.6. The lowest BCUT2D eigenvalue weighted by molar-refractivity contribution is -0.138. The Morgan fingerprint density at radius 1 is 1.16 bits per heavy atom. The number of nitrogens with zero attached hydrogens (tertiary/aromatic N) is 1. The van der Waals surface area contributed by atoms with Crippen LogP contribution in [0.2, 0.25) is 0 Å². The van der Waals surface area contributed by atoms with Crippen molar-refractivity contribution < 1.29 is 4.79 Å². The Hall–Kier alpha value is -1.35. The molecule has 0 bridgehead atoms. The molecule has 1 heterocycles. The molecule has 19 heavy (non-hydrogen) atoms. The van der Waals surface area contributed by atoms with Crippen LogP contribution in [0.5, 0.6) is 0 Å². The van der Waals surface area contributed by atoms with Crippen LogP contribution in [0, 0.1) is 5.92 Å². The van der Waals surface area contributed by atoms with Gasteiger partial charge in [0.2, 0.25) is 5.91 Å². The van der Waals surface area contributed by atoms with Crippen molar-refractivity contribution in [2.75, 3.05) is 6.54 Å². The van der Waals surface area contributed by atoms with Crippen LogP contribution in [0.25, 0.3) is 0 Å². The standard InChI is InChI=1S/C16H22N2O/c17-15-8-4-3-7-14(15)16(19)18-10-9-12-5-1-2-6-13(12)11-18/h1-2,5-6,14-15H,3-4,7-11,17H2. The third-order valence-corrected chi connectivity index (χ3v) is 4.58. The molecule has 0 radical (unpaired) electrons. The lowest BCUT2D eigenvalue weighted by atomic mass is 9.83. The number of hydrogen-bond donors (Lipinski definition) is 1. The summed E-state index contributed by atoms with van der Waals surface area (Å²) in [6.45, 7) is 1.61. The number of nitrogens with two attached hydrogens (primary N) is 1. The number of carbonyl (C=O) groups is 1. The number of carbonyl (C=O) groups excluding carboxylic acids is 1. The van der Waals surface area contributed by atoms with Gasteiger partial charge in [-0.15, -0.1) is 0 Å². The molecule has 1 aliphatic heterocycles. The average Bonchev–Trinajstić information content (AvgIpc) is 2.46. The van der Waals surface area contributed by atoms with Crippen LogP contribution in [0.4, 0.5) is 0 Å². The monoisotopic (exact) mass is 258 g/mol. The van der Waals surface area contributed by atoms with Crippen LogP contribution in [-0.2, 0) is 17.8 Å². The van der Waals surface area contributed by atoms with Gasteiger partial charge in [0.1, 0.15) is 0 Å². The maximum atomic E-state index is 12.6. The van der Waals surface area contributed by atoms with Gasteiger partial charge in [0.05, 0.1) is 5.92 Å². The third kappa shape index (κ3) is 2.52. The van der Waals surface area contributed by atoms with E-state index in [4.69, 9.17) is 5.73 Å². The first-order chi connectivity index (χ1) is 9.25. The van der Waals surface area contributed by atoms with Gasteiger partial charge in [0.15, 0.2) is 0 Å². The van der Waals surface area contributed by atoms with Gasteiger partial charge in [-0.1, -0.05) is 37.1 Å². The normalized spacial score (nSPS) is 26.9. The number of fused-ring (bicyclic) bond motifs is 1. The van der Waals surface area contributed by atoms with Crippen molar-refractivity contribution in [3.05, 3.63) is 35.4 Å². The van der Waals surface area contributed by atoms with Gasteiger partial charge in [-0.2, -0.15) is 0 Å². The maximum Gasteiger partial charge on any atom is 0.227 e. The Morgan fingerprint density at radius 2 is 1.89 bits per heavy atom. The zero-order valence-corrected chi connectivity index (χ0v) is 11.3. The van der Waals surface area contributed by atoms with E-state index in [9.17, 15) is 4.79 Å². The Balaban J connectivity index is 1.72. The topological polar surface area (TPSA) is 46.3 Å². The first-order valence-corrected chi connectivity index (χ1v) is 7.37. The zero-order valence-electron chi connectivity index (χ0n) is 11.3. The Labute approximate surface area is 114 Å². The van der Waals surface area contributed by atoms with E-state index in [2.05, 4.69) is 24.3 Å². The zero-order chi connectivity index (χ0) is 13.2. The van der Waals surface area contributed by atoms with Gasteiger partial charge < -0.3 is 10.6 Å². The number of amides is 1.